The van der Waals surface area contributed by atoms with Gasteiger partial charge in [0, 0.05) is 24.0 Å². The van der Waals surface area contributed by atoms with Crippen LogP contribution in [0.3, 0.4) is 0 Å². The van der Waals surface area contributed by atoms with Gasteiger partial charge < -0.3 is 20.8 Å². The van der Waals surface area contributed by atoms with Gasteiger partial charge in [0.25, 0.3) is 0 Å². The minimum absolute atomic E-state index is 0.0881. The quantitative estimate of drug-likeness (QED) is 0.716. The highest BCUT2D eigenvalue weighted by atomic mass is 32.2. The van der Waals surface area contributed by atoms with Gasteiger partial charge in [-0.3, -0.25) is 0 Å². The average Bonchev–Trinajstić information content (AvgIpc) is 2.79. The largest absolute Gasteiger partial charge is 0.508 e. The van der Waals surface area contributed by atoms with Gasteiger partial charge in [0.15, 0.2) is 9.84 Å². The minimum Gasteiger partial charge on any atom is -0.508 e. The summed E-state index contributed by atoms with van der Waals surface area (Å²) >= 11 is 0. The molecule has 0 bridgehead atoms. The fraction of sp³-hybridized carbons (Fsp3) is 0.294. The van der Waals surface area contributed by atoms with E-state index in [1.54, 1.807) is 36.4 Å². The first kappa shape index (κ1) is 16.6. The smallest absolute Gasteiger partial charge is 0.155 e. The molecule has 1 aliphatic rings. The summed E-state index contributed by atoms with van der Waals surface area (Å²) in [5.41, 5.74) is 7.94. The topological polar surface area (TPSA) is 104 Å². The minimum atomic E-state index is -3.28. The summed E-state index contributed by atoms with van der Waals surface area (Å²) in [6.07, 6.45) is -0.967. The number of phenolic OH excluding ortho intramolecular Hbond substituents is 1. The van der Waals surface area contributed by atoms with Crippen LogP contribution in [0.2, 0.25) is 0 Å². The maximum absolute atomic E-state index is 11.9. The Kier molecular flexibility index (Phi) is 4.38. The molecule has 4 N–H and O–H groups in total. The van der Waals surface area contributed by atoms with Gasteiger partial charge >= 0.3 is 0 Å². The van der Waals surface area contributed by atoms with Gasteiger partial charge in [-0.05, 0) is 29.8 Å². The molecule has 0 spiro atoms. The van der Waals surface area contributed by atoms with Crippen LogP contribution in [0.5, 0.6) is 5.75 Å². The molecule has 24 heavy (non-hydrogen) atoms. The summed E-state index contributed by atoms with van der Waals surface area (Å²) in [5.74, 6) is -0.266. The van der Waals surface area contributed by atoms with E-state index in [-0.39, 0.29) is 17.3 Å². The van der Waals surface area contributed by atoms with Crippen LogP contribution >= 0.6 is 0 Å². The van der Waals surface area contributed by atoms with E-state index >= 15 is 0 Å². The summed E-state index contributed by atoms with van der Waals surface area (Å²) in [5, 5.41) is 20.0. The summed E-state index contributed by atoms with van der Waals surface area (Å²) in [4.78, 5) is 1.82. The lowest BCUT2D eigenvalue weighted by atomic mass is 10.1. The Balaban J connectivity index is 1.96. The van der Waals surface area contributed by atoms with Crippen molar-refractivity contribution >= 4 is 21.2 Å². The van der Waals surface area contributed by atoms with Crippen molar-refractivity contribution in [3.63, 3.8) is 0 Å². The van der Waals surface area contributed by atoms with E-state index in [9.17, 15) is 18.6 Å². The molecule has 0 aromatic heterocycles. The van der Waals surface area contributed by atoms with Gasteiger partial charge in [-0.25, -0.2) is 8.42 Å². The number of nitrogens with two attached hydrogens (primary N) is 1. The summed E-state index contributed by atoms with van der Waals surface area (Å²) in [6.45, 7) is 0.404. The first-order valence-corrected chi connectivity index (χ1v) is 9.45. The summed E-state index contributed by atoms with van der Waals surface area (Å²) in [6, 6.07) is 13.3. The fourth-order valence-corrected chi connectivity index (χ4v) is 4.80. The van der Waals surface area contributed by atoms with Crippen LogP contribution in [0.25, 0.3) is 0 Å². The molecule has 1 aliphatic heterocycles. The van der Waals surface area contributed by atoms with E-state index in [4.69, 9.17) is 5.73 Å². The lowest BCUT2D eigenvalue weighted by molar-refractivity contribution is 0.177. The second-order valence-corrected chi connectivity index (χ2v) is 8.25. The third kappa shape index (κ3) is 3.63. The van der Waals surface area contributed by atoms with Crippen molar-refractivity contribution in [2.75, 3.05) is 22.1 Å². The fourth-order valence-electron chi connectivity index (χ4n) is 3.00. The average molecular weight is 348 g/mol. The number of aliphatic hydroxyl groups is 1. The van der Waals surface area contributed by atoms with Crippen molar-refractivity contribution in [3.8, 4) is 5.75 Å². The SMILES string of the molecule is Nc1ccc(CN(c2cccc(O)c2)[C@@H]2CS(=O)(=O)C[C@H]2O)cc1. The Morgan fingerprint density at radius 2 is 1.83 bits per heavy atom. The molecule has 3 rings (SSSR count). The molecule has 0 aliphatic carbocycles. The highest BCUT2D eigenvalue weighted by molar-refractivity contribution is 7.91. The number of aromatic hydroxyl groups is 1. The van der Waals surface area contributed by atoms with Gasteiger partial charge in [0.1, 0.15) is 5.75 Å². The maximum atomic E-state index is 11.9. The standard InChI is InChI=1S/C17H20N2O4S/c18-13-6-4-12(5-7-13)9-19(14-2-1-3-15(20)8-14)16-10-24(22,23)11-17(16)21/h1-8,16-17,20-21H,9-11,18H2/t16-,17-/m1/s1. The second kappa shape index (κ2) is 6.33. The zero-order chi connectivity index (χ0) is 17.3. The van der Waals surface area contributed by atoms with Gasteiger partial charge in [-0.2, -0.15) is 0 Å². The van der Waals surface area contributed by atoms with Crippen LogP contribution in [0.4, 0.5) is 11.4 Å². The molecule has 7 heteroatoms. The van der Waals surface area contributed by atoms with Gasteiger partial charge in [-0.15, -0.1) is 0 Å². The number of aliphatic hydroxyl groups excluding tert-OH is 1. The van der Waals surface area contributed by atoms with Crippen molar-refractivity contribution < 1.29 is 18.6 Å². The van der Waals surface area contributed by atoms with Gasteiger partial charge in [0.05, 0.1) is 23.7 Å². The molecule has 128 valence electrons. The Bertz CT molecular complexity index is 821. The van der Waals surface area contributed by atoms with E-state index in [2.05, 4.69) is 0 Å². The monoisotopic (exact) mass is 348 g/mol. The lowest BCUT2D eigenvalue weighted by Crippen LogP contribution is -2.42. The van der Waals surface area contributed by atoms with Crippen LogP contribution < -0.4 is 10.6 Å². The highest BCUT2D eigenvalue weighted by Gasteiger charge is 2.40. The molecule has 2 atom stereocenters. The third-order valence-corrected chi connectivity index (χ3v) is 5.89. The Hall–Kier alpha value is -2.25. The molecular weight excluding hydrogens is 328 g/mol. The number of nitrogen functional groups attached to an aromatic ring is 1. The number of benzene rings is 2. The molecular formula is C17H20N2O4S. The van der Waals surface area contributed by atoms with E-state index in [0.29, 0.717) is 17.9 Å². The first-order valence-electron chi connectivity index (χ1n) is 7.63. The Labute approximate surface area is 141 Å². The molecule has 0 unspecified atom stereocenters. The number of phenols is 1. The van der Waals surface area contributed by atoms with E-state index in [1.807, 2.05) is 17.0 Å². The second-order valence-electron chi connectivity index (χ2n) is 6.10. The molecule has 0 radical (unpaired) electrons. The number of anilines is 2. The van der Waals surface area contributed by atoms with E-state index < -0.39 is 22.0 Å². The molecule has 2 aromatic rings. The summed E-state index contributed by atoms with van der Waals surface area (Å²) in [7, 11) is -3.28. The normalized spacial score (nSPS) is 22.4. The predicted molar refractivity (Wildman–Crippen MR) is 93.6 cm³/mol. The number of hydrogen-bond donors (Lipinski definition) is 3. The first-order chi connectivity index (χ1) is 11.3. The molecule has 2 aromatic carbocycles. The van der Waals surface area contributed by atoms with Crippen LogP contribution in [0.15, 0.2) is 48.5 Å². The van der Waals surface area contributed by atoms with E-state index in [1.165, 1.54) is 0 Å². The van der Waals surface area contributed by atoms with Crippen LogP contribution in [-0.4, -0.2) is 42.3 Å². The third-order valence-electron chi connectivity index (χ3n) is 4.19. The zero-order valence-electron chi connectivity index (χ0n) is 13.0. The van der Waals surface area contributed by atoms with Crippen LogP contribution in [-0.2, 0) is 16.4 Å². The molecule has 6 nitrogen and oxygen atoms in total. The predicted octanol–water partition coefficient (Wildman–Crippen LogP) is 1.14. The Morgan fingerprint density at radius 3 is 2.42 bits per heavy atom. The summed E-state index contributed by atoms with van der Waals surface area (Å²) < 4.78 is 23.8. The molecule has 1 heterocycles. The highest BCUT2D eigenvalue weighted by Crippen LogP contribution is 2.29. The molecule has 1 saturated heterocycles. The van der Waals surface area contributed by atoms with Crippen molar-refractivity contribution in [2.24, 2.45) is 0 Å². The number of hydrogen-bond acceptors (Lipinski definition) is 6. The van der Waals surface area contributed by atoms with Crippen molar-refractivity contribution in [1.82, 2.24) is 0 Å². The number of nitrogens with zero attached hydrogens (tertiary/aromatic N) is 1. The van der Waals surface area contributed by atoms with Crippen LogP contribution in [0, 0.1) is 0 Å². The molecule has 1 fully saturated rings. The van der Waals surface area contributed by atoms with Crippen LogP contribution in [0.1, 0.15) is 5.56 Å². The zero-order valence-corrected chi connectivity index (χ0v) is 13.9. The maximum Gasteiger partial charge on any atom is 0.155 e. The molecule has 0 saturated carbocycles. The van der Waals surface area contributed by atoms with Gasteiger partial charge in [0.2, 0.25) is 0 Å². The van der Waals surface area contributed by atoms with E-state index in [0.717, 1.165) is 5.56 Å². The van der Waals surface area contributed by atoms with Crippen molar-refractivity contribution in [3.05, 3.63) is 54.1 Å². The number of sulfone groups is 1. The van der Waals surface area contributed by atoms with Gasteiger partial charge in [-0.1, -0.05) is 18.2 Å². The number of rotatable bonds is 4. The molecule has 0 amide bonds. The lowest BCUT2D eigenvalue weighted by Gasteiger charge is -2.32. The van der Waals surface area contributed by atoms with Crippen molar-refractivity contribution in [2.45, 2.75) is 18.7 Å². The Morgan fingerprint density at radius 1 is 1.12 bits per heavy atom. The van der Waals surface area contributed by atoms with Crippen molar-refractivity contribution in [1.29, 1.82) is 0 Å².